The highest BCUT2D eigenvalue weighted by molar-refractivity contribution is 6.33. The summed E-state index contributed by atoms with van der Waals surface area (Å²) < 4.78 is 0. The molecule has 0 radical (unpaired) electrons. The fourth-order valence-corrected chi connectivity index (χ4v) is 2.76. The van der Waals surface area contributed by atoms with Gasteiger partial charge >= 0.3 is 0 Å². The second-order valence-corrected chi connectivity index (χ2v) is 5.96. The minimum atomic E-state index is -0.515. The molecule has 1 N–H and O–H groups in total. The van der Waals surface area contributed by atoms with E-state index >= 15 is 0 Å². The maximum absolute atomic E-state index is 12.4. The van der Waals surface area contributed by atoms with E-state index in [9.17, 15) is 14.9 Å². The van der Waals surface area contributed by atoms with Gasteiger partial charge in [-0.15, -0.1) is 0 Å². The van der Waals surface area contributed by atoms with Crippen LogP contribution in [0.1, 0.15) is 13.8 Å². The van der Waals surface area contributed by atoms with Crippen molar-refractivity contribution in [2.75, 3.05) is 38.0 Å². The quantitative estimate of drug-likeness (QED) is 0.656. The van der Waals surface area contributed by atoms with E-state index in [2.05, 4.69) is 22.0 Å². The first-order chi connectivity index (χ1) is 10.9. The van der Waals surface area contributed by atoms with Gasteiger partial charge in [-0.25, -0.2) is 0 Å². The third-order valence-electron chi connectivity index (χ3n) is 4.20. The Morgan fingerprint density at radius 1 is 1.39 bits per heavy atom. The topological polar surface area (TPSA) is 78.7 Å². The smallest absolute Gasteiger partial charge is 0.271 e. The summed E-state index contributed by atoms with van der Waals surface area (Å²) in [5.41, 5.74) is 0.166. The number of nitro groups is 1. The van der Waals surface area contributed by atoms with Crippen molar-refractivity contribution in [3.05, 3.63) is 33.3 Å². The first kappa shape index (κ1) is 17.7. The normalized spacial score (nSPS) is 17.7. The van der Waals surface area contributed by atoms with Crippen LogP contribution in [0.4, 0.5) is 11.4 Å². The highest BCUT2D eigenvalue weighted by atomic mass is 35.5. The first-order valence-corrected chi connectivity index (χ1v) is 8.01. The summed E-state index contributed by atoms with van der Waals surface area (Å²) in [6.45, 7) is 8.49. The maximum Gasteiger partial charge on any atom is 0.271 e. The number of anilines is 1. The van der Waals surface area contributed by atoms with Gasteiger partial charge < -0.3 is 10.2 Å². The summed E-state index contributed by atoms with van der Waals surface area (Å²) in [5.74, 6) is -0.211. The minimum Gasteiger partial charge on any atom is -0.323 e. The average molecular weight is 341 g/mol. The molecule has 23 heavy (non-hydrogen) atoms. The van der Waals surface area contributed by atoms with Gasteiger partial charge in [0.1, 0.15) is 0 Å². The summed E-state index contributed by atoms with van der Waals surface area (Å²) in [4.78, 5) is 27.2. The Bertz CT molecular complexity index is 588. The number of carbonyl (C=O) groups excluding carboxylic acids is 1. The van der Waals surface area contributed by atoms with Gasteiger partial charge in [0, 0.05) is 38.3 Å². The van der Waals surface area contributed by atoms with Gasteiger partial charge in [0.05, 0.1) is 21.7 Å². The van der Waals surface area contributed by atoms with Gasteiger partial charge in [0.25, 0.3) is 5.69 Å². The van der Waals surface area contributed by atoms with E-state index in [4.69, 9.17) is 11.6 Å². The van der Waals surface area contributed by atoms with E-state index in [1.165, 1.54) is 18.2 Å². The van der Waals surface area contributed by atoms with Crippen LogP contribution in [-0.4, -0.2) is 59.4 Å². The number of amides is 1. The van der Waals surface area contributed by atoms with Crippen molar-refractivity contribution >= 4 is 28.9 Å². The van der Waals surface area contributed by atoms with Crippen molar-refractivity contribution in [1.82, 2.24) is 9.80 Å². The molecular formula is C15H21ClN4O3. The van der Waals surface area contributed by atoms with Crippen molar-refractivity contribution in [3.63, 3.8) is 0 Å². The van der Waals surface area contributed by atoms with Crippen LogP contribution in [0.3, 0.4) is 0 Å². The van der Waals surface area contributed by atoms with Crippen molar-refractivity contribution in [2.24, 2.45) is 0 Å². The Morgan fingerprint density at radius 3 is 2.61 bits per heavy atom. The minimum absolute atomic E-state index is 0.103. The van der Waals surface area contributed by atoms with E-state index in [1.54, 1.807) is 0 Å². The molecule has 126 valence electrons. The second-order valence-electron chi connectivity index (χ2n) is 5.56. The zero-order valence-corrected chi connectivity index (χ0v) is 14.0. The standard InChI is InChI=1S/C15H21ClN4O3/c1-3-18-6-8-19(9-7-18)11(2)15(21)17-14-10-12(20(22)23)4-5-13(14)16/h4-5,10-11H,3,6-9H2,1-2H3,(H,17,21). The third-order valence-corrected chi connectivity index (χ3v) is 4.53. The molecule has 1 aliphatic heterocycles. The molecule has 1 amide bonds. The molecule has 1 aromatic rings. The lowest BCUT2D eigenvalue weighted by Crippen LogP contribution is -2.52. The molecule has 2 rings (SSSR count). The molecule has 1 aliphatic rings. The van der Waals surface area contributed by atoms with Crippen LogP contribution >= 0.6 is 11.6 Å². The predicted octanol–water partition coefficient (Wildman–Crippen LogP) is 2.21. The lowest BCUT2D eigenvalue weighted by molar-refractivity contribution is -0.384. The number of non-ortho nitro benzene ring substituents is 1. The van der Waals surface area contributed by atoms with Gasteiger partial charge in [-0.05, 0) is 19.5 Å². The summed E-state index contributed by atoms with van der Waals surface area (Å²) >= 11 is 6.02. The van der Waals surface area contributed by atoms with Crippen LogP contribution in [0.25, 0.3) is 0 Å². The maximum atomic E-state index is 12.4. The molecule has 1 fully saturated rings. The van der Waals surface area contributed by atoms with Crippen molar-refractivity contribution in [2.45, 2.75) is 19.9 Å². The highest BCUT2D eigenvalue weighted by Crippen LogP contribution is 2.27. The zero-order chi connectivity index (χ0) is 17.0. The van der Waals surface area contributed by atoms with Crippen molar-refractivity contribution in [3.8, 4) is 0 Å². The molecule has 1 atom stereocenters. The number of halogens is 1. The van der Waals surface area contributed by atoms with E-state index in [0.29, 0.717) is 0 Å². The van der Waals surface area contributed by atoms with Crippen LogP contribution in [-0.2, 0) is 4.79 Å². The van der Waals surface area contributed by atoms with E-state index in [1.807, 2.05) is 6.92 Å². The number of nitro benzene ring substituents is 1. The number of hydrogen-bond acceptors (Lipinski definition) is 5. The number of rotatable bonds is 5. The van der Waals surface area contributed by atoms with Gasteiger partial charge in [-0.3, -0.25) is 19.8 Å². The van der Waals surface area contributed by atoms with E-state index in [-0.39, 0.29) is 28.3 Å². The van der Waals surface area contributed by atoms with Crippen LogP contribution < -0.4 is 5.32 Å². The van der Waals surface area contributed by atoms with Crippen LogP contribution in [0.5, 0.6) is 0 Å². The first-order valence-electron chi connectivity index (χ1n) is 7.63. The lowest BCUT2D eigenvalue weighted by Gasteiger charge is -2.36. The number of likely N-dealkylation sites (N-methyl/N-ethyl adjacent to an activating group) is 1. The third kappa shape index (κ3) is 4.40. The molecule has 1 heterocycles. The molecule has 1 saturated heterocycles. The largest absolute Gasteiger partial charge is 0.323 e. The fourth-order valence-electron chi connectivity index (χ4n) is 2.59. The van der Waals surface area contributed by atoms with Gasteiger partial charge in [0.2, 0.25) is 5.91 Å². The van der Waals surface area contributed by atoms with E-state index in [0.717, 1.165) is 32.7 Å². The number of nitrogens with zero attached hydrogens (tertiary/aromatic N) is 3. The Hall–Kier alpha value is -1.70. The predicted molar refractivity (Wildman–Crippen MR) is 89.9 cm³/mol. The molecule has 7 nitrogen and oxygen atoms in total. The number of piperazine rings is 1. The van der Waals surface area contributed by atoms with Crippen molar-refractivity contribution in [1.29, 1.82) is 0 Å². The highest BCUT2D eigenvalue weighted by Gasteiger charge is 2.25. The molecule has 1 unspecified atom stereocenters. The molecule has 8 heteroatoms. The Labute approximate surface area is 140 Å². The van der Waals surface area contributed by atoms with Crippen LogP contribution in [0, 0.1) is 10.1 Å². The molecule has 0 saturated carbocycles. The number of hydrogen-bond donors (Lipinski definition) is 1. The fraction of sp³-hybridized carbons (Fsp3) is 0.533. The molecule has 0 aromatic heterocycles. The Morgan fingerprint density at radius 2 is 2.04 bits per heavy atom. The van der Waals surface area contributed by atoms with Crippen LogP contribution in [0.15, 0.2) is 18.2 Å². The lowest BCUT2D eigenvalue weighted by atomic mass is 10.2. The Kier molecular flexibility index (Phi) is 5.92. The zero-order valence-electron chi connectivity index (χ0n) is 13.3. The monoisotopic (exact) mass is 340 g/mol. The number of benzene rings is 1. The summed E-state index contributed by atoms with van der Waals surface area (Å²) in [5, 5.41) is 13.8. The van der Waals surface area contributed by atoms with Gasteiger partial charge in [0.15, 0.2) is 0 Å². The molecule has 0 spiro atoms. The summed E-state index contributed by atoms with van der Waals surface area (Å²) in [7, 11) is 0. The number of nitrogens with one attached hydrogen (secondary N) is 1. The molecule has 0 bridgehead atoms. The summed E-state index contributed by atoms with van der Waals surface area (Å²) in [6.07, 6.45) is 0. The molecule has 0 aliphatic carbocycles. The molecular weight excluding hydrogens is 320 g/mol. The van der Waals surface area contributed by atoms with Gasteiger partial charge in [-0.1, -0.05) is 18.5 Å². The number of carbonyl (C=O) groups is 1. The SMILES string of the molecule is CCN1CCN(C(C)C(=O)Nc2cc([N+](=O)[O-])ccc2Cl)CC1. The van der Waals surface area contributed by atoms with Crippen LogP contribution in [0.2, 0.25) is 5.02 Å². The summed E-state index contributed by atoms with van der Waals surface area (Å²) in [6, 6.07) is 3.69. The Balaban J connectivity index is 2.01. The van der Waals surface area contributed by atoms with E-state index < -0.39 is 4.92 Å². The second kappa shape index (κ2) is 7.72. The van der Waals surface area contributed by atoms with Crippen molar-refractivity contribution < 1.29 is 9.72 Å². The average Bonchev–Trinajstić information content (AvgIpc) is 2.56. The molecule has 1 aromatic carbocycles. The van der Waals surface area contributed by atoms with Gasteiger partial charge in [-0.2, -0.15) is 0 Å².